The van der Waals surface area contributed by atoms with Crippen LogP contribution < -0.4 is 5.32 Å². The maximum Gasteiger partial charge on any atom is 0.234 e. The Morgan fingerprint density at radius 2 is 1.95 bits per heavy atom. The third-order valence-corrected chi connectivity index (χ3v) is 5.80. The standard InChI is InChI=1S/C16H13BrN2OS2/c17-11-5-1-2-6-12(11)18-15(20)9-21-10-16-19-13-7-3-4-8-14(13)22-16/h1-8H,9-10H2,(H,18,20). The highest BCUT2D eigenvalue weighted by Crippen LogP contribution is 2.25. The predicted molar refractivity (Wildman–Crippen MR) is 98.6 cm³/mol. The fourth-order valence-corrected chi connectivity index (χ4v) is 4.19. The molecule has 3 rings (SSSR count). The third-order valence-electron chi connectivity index (χ3n) is 2.94. The van der Waals surface area contributed by atoms with Crippen molar-refractivity contribution in [1.29, 1.82) is 0 Å². The van der Waals surface area contributed by atoms with E-state index in [-0.39, 0.29) is 5.91 Å². The summed E-state index contributed by atoms with van der Waals surface area (Å²) >= 11 is 6.68. The van der Waals surface area contributed by atoms with Gasteiger partial charge in [-0.25, -0.2) is 4.98 Å². The second kappa shape index (κ2) is 7.26. The largest absolute Gasteiger partial charge is 0.324 e. The molecule has 0 saturated heterocycles. The van der Waals surface area contributed by atoms with Gasteiger partial charge in [0.15, 0.2) is 0 Å². The molecule has 2 aromatic carbocycles. The number of nitrogens with zero attached hydrogens (tertiary/aromatic N) is 1. The number of para-hydroxylation sites is 2. The summed E-state index contributed by atoms with van der Waals surface area (Å²) in [6, 6.07) is 15.7. The van der Waals surface area contributed by atoms with Gasteiger partial charge in [0.25, 0.3) is 0 Å². The van der Waals surface area contributed by atoms with E-state index in [4.69, 9.17) is 0 Å². The second-order valence-corrected chi connectivity index (χ2v) is 7.55. The highest BCUT2D eigenvalue weighted by atomic mass is 79.9. The molecule has 0 bridgehead atoms. The van der Waals surface area contributed by atoms with Crippen molar-refractivity contribution >= 4 is 60.8 Å². The summed E-state index contributed by atoms with van der Waals surface area (Å²) in [6.45, 7) is 0. The van der Waals surface area contributed by atoms with Gasteiger partial charge in [-0.1, -0.05) is 24.3 Å². The number of hydrogen-bond acceptors (Lipinski definition) is 4. The summed E-state index contributed by atoms with van der Waals surface area (Å²) in [5, 5.41) is 3.95. The van der Waals surface area contributed by atoms with Crippen molar-refractivity contribution in [2.45, 2.75) is 5.75 Å². The summed E-state index contributed by atoms with van der Waals surface area (Å²) in [7, 11) is 0. The Kier molecular flexibility index (Phi) is 5.12. The minimum absolute atomic E-state index is 0.00184. The zero-order valence-corrected chi connectivity index (χ0v) is 14.8. The molecule has 1 N–H and O–H groups in total. The third kappa shape index (κ3) is 3.88. The molecule has 0 aliphatic rings. The lowest BCUT2D eigenvalue weighted by Crippen LogP contribution is -2.14. The Balaban J connectivity index is 1.52. The van der Waals surface area contributed by atoms with E-state index in [9.17, 15) is 4.79 Å². The van der Waals surface area contributed by atoms with E-state index in [1.807, 2.05) is 42.5 Å². The Morgan fingerprint density at radius 1 is 1.18 bits per heavy atom. The number of carbonyl (C=O) groups is 1. The lowest BCUT2D eigenvalue weighted by Gasteiger charge is -2.06. The summed E-state index contributed by atoms with van der Waals surface area (Å²) < 4.78 is 2.08. The van der Waals surface area contributed by atoms with Crippen LogP contribution in [0.15, 0.2) is 53.0 Å². The van der Waals surface area contributed by atoms with E-state index >= 15 is 0 Å². The number of aromatic nitrogens is 1. The smallest absolute Gasteiger partial charge is 0.234 e. The lowest BCUT2D eigenvalue weighted by molar-refractivity contribution is -0.113. The number of hydrogen-bond donors (Lipinski definition) is 1. The van der Waals surface area contributed by atoms with Crippen molar-refractivity contribution < 1.29 is 4.79 Å². The fourth-order valence-electron chi connectivity index (χ4n) is 1.96. The molecular weight excluding hydrogens is 380 g/mol. The maximum absolute atomic E-state index is 12.0. The van der Waals surface area contributed by atoms with Crippen molar-refractivity contribution in [3.05, 3.63) is 58.0 Å². The van der Waals surface area contributed by atoms with Gasteiger partial charge in [0.2, 0.25) is 5.91 Å². The Labute approximate surface area is 145 Å². The van der Waals surface area contributed by atoms with Crippen molar-refractivity contribution in [1.82, 2.24) is 4.98 Å². The van der Waals surface area contributed by atoms with E-state index in [1.165, 1.54) is 4.70 Å². The summed E-state index contributed by atoms with van der Waals surface area (Å²) in [5.74, 6) is 1.16. The number of halogens is 1. The molecule has 0 radical (unpaired) electrons. The minimum atomic E-state index is -0.00184. The van der Waals surface area contributed by atoms with Crippen LogP contribution in [0.3, 0.4) is 0 Å². The van der Waals surface area contributed by atoms with Gasteiger partial charge < -0.3 is 5.32 Å². The first-order valence-electron chi connectivity index (χ1n) is 6.69. The molecule has 6 heteroatoms. The van der Waals surface area contributed by atoms with E-state index in [0.717, 1.165) is 26.4 Å². The molecule has 0 spiro atoms. The Hall–Kier alpha value is -1.37. The molecule has 22 heavy (non-hydrogen) atoms. The number of nitrogens with one attached hydrogen (secondary N) is 1. The molecule has 0 atom stereocenters. The molecule has 0 aliphatic carbocycles. The van der Waals surface area contributed by atoms with Crippen LogP contribution in [0.1, 0.15) is 5.01 Å². The first-order valence-corrected chi connectivity index (χ1v) is 9.45. The van der Waals surface area contributed by atoms with Crippen LogP contribution in [0, 0.1) is 0 Å². The molecule has 0 saturated carbocycles. The lowest BCUT2D eigenvalue weighted by atomic mass is 10.3. The number of carbonyl (C=O) groups excluding carboxylic acids is 1. The van der Waals surface area contributed by atoms with Gasteiger partial charge in [-0.3, -0.25) is 4.79 Å². The van der Waals surface area contributed by atoms with E-state index in [1.54, 1.807) is 23.1 Å². The normalized spacial score (nSPS) is 10.8. The van der Waals surface area contributed by atoms with Gasteiger partial charge in [0, 0.05) is 10.2 Å². The van der Waals surface area contributed by atoms with Crippen LogP contribution >= 0.6 is 39.0 Å². The van der Waals surface area contributed by atoms with Crippen LogP contribution in [0.25, 0.3) is 10.2 Å². The van der Waals surface area contributed by atoms with Crippen molar-refractivity contribution in [2.24, 2.45) is 0 Å². The molecular formula is C16H13BrN2OS2. The number of thioether (sulfide) groups is 1. The molecule has 0 aliphatic heterocycles. The van der Waals surface area contributed by atoms with Crippen LogP contribution in [0.5, 0.6) is 0 Å². The zero-order chi connectivity index (χ0) is 15.4. The number of rotatable bonds is 5. The van der Waals surface area contributed by atoms with Crippen LogP contribution in [0.4, 0.5) is 5.69 Å². The van der Waals surface area contributed by atoms with E-state index < -0.39 is 0 Å². The highest BCUT2D eigenvalue weighted by Gasteiger charge is 2.07. The van der Waals surface area contributed by atoms with E-state index in [0.29, 0.717) is 5.75 Å². The molecule has 3 nitrogen and oxygen atoms in total. The van der Waals surface area contributed by atoms with Gasteiger partial charge in [-0.2, -0.15) is 0 Å². The number of thiazole rings is 1. The maximum atomic E-state index is 12.0. The van der Waals surface area contributed by atoms with Crippen LogP contribution in [0.2, 0.25) is 0 Å². The van der Waals surface area contributed by atoms with Crippen LogP contribution in [-0.2, 0) is 10.5 Å². The van der Waals surface area contributed by atoms with Gasteiger partial charge >= 0.3 is 0 Å². The molecule has 1 aromatic heterocycles. The minimum Gasteiger partial charge on any atom is -0.324 e. The number of fused-ring (bicyclic) bond motifs is 1. The summed E-state index contributed by atoms with van der Waals surface area (Å²) in [5.41, 5.74) is 1.83. The molecule has 0 fully saturated rings. The Morgan fingerprint density at radius 3 is 2.77 bits per heavy atom. The topological polar surface area (TPSA) is 42.0 Å². The average molecular weight is 393 g/mol. The number of amides is 1. The second-order valence-electron chi connectivity index (χ2n) is 4.60. The summed E-state index contributed by atoms with van der Waals surface area (Å²) in [4.78, 5) is 16.5. The molecule has 1 heterocycles. The number of benzene rings is 2. The van der Waals surface area contributed by atoms with Gasteiger partial charge in [0.05, 0.1) is 21.7 Å². The first-order chi connectivity index (χ1) is 10.7. The Bertz CT molecular complexity index is 770. The zero-order valence-electron chi connectivity index (χ0n) is 11.6. The summed E-state index contributed by atoms with van der Waals surface area (Å²) in [6.07, 6.45) is 0. The molecule has 3 aromatic rings. The molecule has 0 unspecified atom stereocenters. The van der Waals surface area contributed by atoms with Crippen molar-refractivity contribution in [2.75, 3.05) is 11.1 Å². The van der Waals surface area contributed by atoms with E-state index in [2.05, 4.69) is 32.3 Å². The van der Waals surface area contributed by atoms with Crippen molar-refractivity contribution in [3.63, 3.8) is 0 Å². The van der Waals surface area contributed by atoms with Crippen molar-refractivity contribution in [3.8, 4) is 0 Å². The predicted octanol–water partition coefficient (Wildman–Crippen LogP) is 4.93. The first kappa shape index (κ1) is 15.5. The molecule has 112 valence electrons. The fraction of sp³-hybridized carbons (Fsp3) is 0.125. The quantitative estimate of drug-likeness (QED) is 0.668. The van der Waals surface area contributed by atoms with Gasteiger partial charge in [0.1, 0.15) is 5.01 Å². The highest BCUT2D eigenvalue weighted by molar-refractivity contribution is 9.10. The van der Waals surface area contributed by atoms with Gasteiger partial charge in [-0.05, 0) is 40.2 Å². The van der Waals surface area contributed by atoms with Gasteiger partial charge in [-0.15, -0.1) is 23.1 Å². The molecule has 1 amide bonds. The van der Waals surface area contributed by atoms with Crippen LogP contribution in [-0.4, -0.2) is 16.6 Å². The average Bonchev–Trinajstić information content (AvgIpc) is 2.92. The SMILES string of the molecule is O=C(CSCc1nc2ccccc2s1)Nc1ccccc1Br. The number of anilines is 1. The monoisotopic (exact) mass is 392 g/mol.